The fraction of sp³-hybridized carbons (Fsp3) is 0.348. The number of aliphatic hydroxyl groups is 2. The topological polar surface area (TPSA) is 397 Å². The largest absolute Gasteiger partial charge is 0.472 e. The average Bonchev–Trinajstić information content (AvgIpc) is 4.15. The number of aromatic nitrogens is 6. The molecule has 0 saturated carbocycles. The number of rotatable bonds is 21. The lowest BCUT2D eigenvalue weighted by atomic mass is 10.0. The third-order valence-electron chi connectivity index (χ3n) is 12.2. The molecule has 0 aliphatic carbocycles. The van der Waals surface area contributed by atoms with Gasteiger partial charge in [0.25, 0.3) is 0 Å². The highest BCUT2D eigenvalue weighted by molar-refractivity contribution is 7.47. The number of phosphoric ester groups is 2. The number of hydrogen-bond donors (Lipinski definition) is 8. The molecule has 2 amide bonds. The second-order valence-corrected chi connectivity index (χ2v) is 20.2. The van der Waals surface area contributed by atoms with Crippen molar-refractivity contribution in [3.8, 4) is 0 Å². The molecular weight excluding hydrogens is 1060 g/mol. The van der Waals surface area contributed by atoms with Crippen LogP contribution < -0.4 is 22.5 Å². The smallest absolute Gasteiger partial charge is 0.455 e. The number of aliphatic hydroxyl groups excluding tert-OH is 2. The van der Waals surface area contributed by atoms with E-state index in [0.717, 1.165) is 33.6 Å². The summed E-state index contributed by atoms with van der Waals surface area (Å²) in [6, 6.07) is 20.5. The SMILES string of the molecule is CN(C(=O)OCc1ccc(NC(=O)Cc2ccc(F)cc2)cc1)[C@@H](CCc1ccccc1)C(=O)O[C@@H]1C(COP(=O)(O)O[C@H]2[C@@H](O)[C@H](n3ccc(N)nc3=O)O[C@@H]2COP(=O)(O)O)O[C@@H](n2cnc3c(N)ncnc32)[C@@H]1O. The minimum atomic E-state index is -5.50. The van der Waals surface area contributed by atoms with Gasteiger partial charge in [0, 0.05) is 18.9 Å². The highest BCUT2D eigenvalue weighted by atomic mass is 31.2. The second kappa shape index (κ2) is 24.1. The third kappa shape index (κ3) is 14.1. The molecule has 3 aromatic carbocycles. The maximum Gasteiger partial charge on any atom is 0.472 e. The maximum absolute atomic E-state index is 14.5. The summed E-state index contributed by atoms with van der Waals surface area (Å²) in [6.45, 7) is -2.35. The highest BCUT2D eigenvalue weighted by Gasteiger charge is 2.52. The zero-order valence-electron chi connectivity index (χ0n) is 40.4. The van der Waals surface area contributed by atoms with Crippen LogP contribution >= 0.6 is 15.6 Å². The molecule has 0 bridgehead atoms. The number of carbonyl (C=O) groups is 3. The van der Waals surface area contributed by atoms with Gasteiger partial charge in [0.2, 0.25) is 5.91 Å². The Kier molecular flexibility index (Phi) is 17.5. The van der Waals surface area contributed by atoms with E-state index in [9.17, 15) is 57.6 Å². The van der Waals surface area contributed by atoms with Crippen molar-refractivity contribution in [1.29, 1.82) is 0 Å². The highest BCUT2D eigenvalue weighted by Crippen LogP contribution is 2.50. The molecule has 2 saturated heterocycles. The van der Waals surface area contributed by atoms with Crippen LogP contribution in [0.1, 0.15) is 35.6 Å². The van der Waals surface area contributed by atoms with Gasteiger partial charge in [0.05, 0.1) is 26.0 Å². The first-order valence-corrected chi connectivity index (χ1v) is 26.2. The van der Waals surface area contributed by atoms with Gasteiger partial charge in [0.15, 0.2) is 30.0 Å². The molecule has 2 aliphatic rings. The summed E-state index contributed by atoms with van der Waals surface area (Å²) >= 11 is 0. The van der Waals surface area contributed by atoms with Crippen molar-refractivity contribution in [1.82, 2.24) is 34.0 Å². The number of nitrogen functional groups attached to an aromatic ring is 2. The number of amides is 2. The van der Waals surface area contributed by atoms with Gasteiger partial charge in [-0.1, -0.05) is 54.6 Å². The lowest BCUT2D eigenvalue weighted by Crippen LogP contribution is -2.47. The van der Waals surface area contributed by atoms with E-state index < -0.39 is 108 Å². The van der Waals surface area contributed by atoms with Gasteiger partial charge in [-0.05, 0) is 59.9 Å². The molecular formula is C46H51FN10O18P2. The predicted molar refractivity (Wildman–Crippen MR) is 263 cm³/mol. The third-order valence-corrected chi connectivity index (χ3v) is 13.6. The van der Waals surface area contributed by atoms with Gasteiger partial charge in [-0.2, -0.15) is 4.98 Å². The van der Waals surface area contributed by atoms with Gasteiger partial charge >= 0.3 is 33.4 Å². The van der Waals surface area contributed by atoms with E-state index in [2.05, 4.69) is 29.8 Å². The Labute approximate surface area is 435 Å². The number of anilines is 3. The quantitative estimate of drug-likeness (QED) is 0.0377. The first-order valence-electron chi connectivity index (χ1n) is 23.2. The fourth-order valence-corrected chi connectivity index (χ4v) is 9.63. The summed E-state index contributed by atoms with van der Waals surface area (Å²) in [6.07, 6.45) is -11.7. The zero-order valence-corrected chi connectivity index (χ0v) is 42.1. The Morgan fingerprint density at radius 1 is 0.831 bits per heavy atom. The van der Waals surface area contributed by atoms with Crippen molar-refractivity contribution >= 4 is 62.1 Å². The molecule has 77 heavy (non-hydrogen) atoms. The number of benzene rings is 3. The van der Waals surface area contributed by atoms with Crippen LogP contribution in [0.5, 0.6) is 0 Å². The number of fused-ring (bicyclic) bond motifs is 1. The molecule has 10 N–H and O–H groups in total. The summed E-state index contributed by atoms with van der Waals surface area (Å²) in [5, 5.41) is 26.0. The van der Waals surface area contributed by atoms with Crippen LogP contribution in [0.15, 0.2) is 109 Å². The lowest BCUT2D eigenvalue weighted by Gasteiger charge is -2.29. The van der Waals surface area contributed by atoms with Gasteiger partial charge in [0.1, 0.15) is 66.6 Å². The van der Waals surface area contributed by atoms with E-state index in [0.29, 0.717) is 16.8 Å². The van der Waals surface area contributed by atoms with Crippen molar-refractivity contribution < 1.29 is 85.3 Å². The van der Waals surface area contributed by atoms with Gasteiger partial charge < -0.3 is 60.6 Å². The molecule has 31 heteroatoms. The van der Waals surface area contributed by atoms with E-state index in [1.807, 2.05) is 0 Å². The Hall–Kier alpha value is -7.11. The Balaban J connectivity index is 0.992. The predicted octanol–water partition coefficient (Wildman–Crippen LogP) is 1.88. The molecule has 410 valence electrons. The number of likely N-dealkylation sites (N-methyl/N-ethyl adjacent to an activating group) is 1. The van der Waals surface area contributed by atoms with Crippen molar-refractivity contribution in [2.45, 2.75) is 81.0 Å². The molecule has 6 aromatic rings. The first kappa shape index (κ1) is 56.1. The normalized spacial score (nSPS) is 22.5. The van der Waals surface area contributed by atoms with Gasteiger partial charge in [-0.15, -0.1) is 0 Å². The monoisotopic (exact) mass is 1110 g/mol. The van der Waals surface area contributed by atoms with Crippen LogP contribution in [0.2, 0.25) is 0 Å². The number of nitrogens with two attached hydrogens (primary N) is 2. The number of nitrogens with zero attached hydrogens (tertiary/aromatic N) is 7. The molecule has 3 aromatic heterocycles. The summed E-state index contributed by atoms with van der Waals surface area (Å²) < 4.78 is 79.2. The number of nitrogens with one attached hydrogen (secondary N) is 1. The molecule has 0 spiro atoms. The molecule has 28 nitrogen and oxygen atoms in total. The number of imidazole rings is 1. The van der Waals surface area contributed by atoms with Crippen molar-refractivity contribution in [3.63, 3.8) is 0 Å². The van der Waals surface area contributed by atoms with Crippen LogP contribution in [0.25, 0.3) is 11.2 Å². The van der Waals surface area contributed by atoms with E-state index in [1.165, 1.54) is 42.2 Å². The van der Waals surface area contributed by atoms with E-state index in [4.69, 9.17) is 39.5 Å². The van der Waals surface area contributed by atoms with E-state index >= 15 is 0 Å². The molecule has 2 fully saturated rings. The van der Waals surface area contributed by atoms with Crippen LogP contribution in [-0.4, -0.2) is 140 Å². The van der Waals surface area contributed by atoms with Gasteiger partial charge in [-0.25, -0.2) is 42.9 Å². The minimum Gasteiger partial charge on any atom is -0.455 e. The number of phosphoric acid groups is 2. The molecule has 8 rings (SSSR count). The molecule has 5 heterocycles. The first-order chi connectivity index (χ1) is 36.6. The Morgan fingerprint density at radius 2 is 1.48 bits per heavy atom. The zero-order chi connectivity index (χ0) is 55.2. The number of carbonyl (C=O) groups excluding carboxylic acids is 3. The van der Waals surface area contributed by atoms with Crippen LogP contribution in [0.4, 0.5) is 26.5 Å². The second-order valence-electron chi connectivity index (χ2n) is 17.5. The minimum absolute atomic E-state index is 0.00151. The maximum atomic E-state index is 14.5. The van der Waals surface area contributed by atoms with Crippen LogP contribution in [0.3, 0.4) is 0 Å². The number of esters is 1. The molecule has 2 unspecified atom stereocenters. The number of hydrogen-bond acceptors (Lipinski definition) is 21. The van der Waals surface area contributed by atoms with Crippen LogP contribution in [0, 0.1) is 5.82 Å². The Bertz CT molecular complexity index is 3210. The molecule has 2 aliphatic heterocycles. The standard InChI is InChI=1S/C46H51FN10O18P2/c1-55(46(63)69-20-27-9-14-29(15-10-27)53-34(58)19-26-7-12-28(47)13-8-26)30(16-11-25-5-3-2-4-6-25)44(61)74-38-31(72-43(36(38)59)57-24-52-35-40(49)50-23-51-41(35)57)22-71-77(67,68)75-39-32(21-70-76(64,65)66)73-42(37(39)60)56-18-17-33(48)54-45(56)62/h2-10,12-15,17-18,23-24,30-32,36-39,42-43,59-60H,11,16,19-22H2,1H3,(H,53,58)(H,67,68)(H2,48,54,62)(H2,49,50,51)(H2,64,65,66)/t30-,31?,32+,36+,37+,38+,39+,42+,43+/m0/s1. The van der Waals surface area contributed by atoms with E-state index in [-0.39, 0.29) is 54.6 Å². The van der Waals surface area contributed by atoms with Crippen molar-refractivity contribution in [2.24, 2.45) is 0 Å². The number of aryl methyl sites for hydroxylation is 1. The van der Waals surface area contributed by atoms with Gasteiger partial charge in [-0.3, -0.25) is 32.4 Å². The van der Waals surface area contributed by atoms with Crippen molar-refractivity contribution in [2.75, 3.05) is 37.0 Å². The lowest BCUT2D eigenvalue weighted by molar-refractivity contribution is -0.162. The Morgan fingerprint density at radius 3 is 2.17 bits per heavy atom. The fourth-order valence-electron chi connectivity index (χ4n) is 8.32. The average molecular weight is 1110 g/mol. The number of halogens is 1. The summed E-state index contributed by atoms with van der Waals surface area (Å²) in [7, 11) is -9.43. The summed E-state index contributed by atoms with van der Waals surface area (Å²) in [5.74, 6) is -2.12. The van der Waals surface area contributed by atoms with Crippen LogP contribution in [-0.2, 0) is 70.7 Å². The molecule has 10 atom stereocenters. The van der Waals surface area contributed by atoms with E-state index in [1.54, 1.807) is 54.6 Å². The molecule has 0 radical (unpaired) electrons. The van der Waals surface area contributed by atoms with Crippen molar-refractivity contribution in [3.05, 3.63) is 137 Å². The summed E-state index contributed by atoms with van der Waals surface area (Å²) in [4.78, 5) is 100. The summed E-state index contributed by atoms with van der Waals surface area (Å²) in [5.41, 5.74) is 13.0. The number of ether oxygens (including phenoxy) is 4.